The van der Waals surface area contributed by atoms with E-state index in [-0.39, 0.29) is 10.6 Å². The smallest absolute Gasteiger partial charge is 0.410 e. The first-order valence-electron chi connectivity index (χ1n) is 4.72. The lowest BCUT2D eigenvalue weighted by Gasteiger charge is -2.25. The van der Waals surface area contributed by atoms with Crippen LogP contribution in [0.4, 0.5) is 4.79 Å². The molecule has 0 saturated heterocycles. The summed E-state index contributed by atoms with van der Waals surface area (Å²) in [7, 11) is 1.60. The number of nitrogens with zero attached hydrogens (tertiary/aromatic N) is 1. The summed E-state index contributed by atoms with van der Waals surface area (Å²) >= 11 is 3.19. The molecule has 5 heteroatoms. The summed E-state index contributed by atoms with van der Waals surface area (Å²) in [6.07, 6.45) is -0.423. The van der Waals surface area contributed by atoms with E-state index in [0.717, 1.165) is 0 Å². The zero-order valence-corrected chi connectivity index (χ0v) is 11.4. The maximum absolute atomic E-state index is 11.5. The minimum Gasteiger partial charge on any atom is -0.444 e. The predicted octanol–water partition coefficient (Wildman–Crippen LogP) is 2.21. The molecule has 0 heterocycles. The number of carbonyl (C=O) groups is 2. The first-order chi connectivity index (χ1) is 6.63. The van der Waals surface area contributed by atoms with Gasteiger partial charge in [0, 0.05) is 13.6 Å². The molecule has 0 aromatic heterocycles. The maximum atomic E-state index is 11.5. The number of hydrogen-bond acceptors (Lipinski definition) is 3. The van der Waals surface area contributed by atoms with Crippen molar-refractivity contribution in [3.8, 4) is 0 Å². The van der Waals surface area contributed by atoms with Gasteiger partial charge >= 0.3 is 6.09 Å². The van der Waals surface area contributed by atoms with Gasteiger partial charge in [-0.05, 0) is 27.7 Å². The van der Waals surface area contributed by atoms with Gasteiger partial charge < -0.3 is 9.64 Å². The van der Waals surface area contributed by atoms with Crippen LogP contribution in [0.5, 0.6) is 0 Å². The van der Waals surface area contributed by atoms with Gasteiger partial charge in [-0.15, -0.1) is 0 Å². The number of alkyl halides is 1. The molecule has 0 spiro atoms. The topological polar surface area (TPSA) is 46.6 Å². The lowest BCUT2D eigenvalue weighted by atomic mass is 10.2. The third-order valence-corrected chi connectivity index (χ3v) is 2.51. The molecular weight excluding hydrogens is 262 g/mol. The number of Topliss-reactive ketones (excluding diaryl/α,β-unsaturated/α-hetero) is 1. The average molecular weight is 280 g/mol. The molecule has 0 N–H and O–H groups in total. The highest BCUT2D eigenvalue weighted by atomic mass is 79.9. The number of halogens is 1. The van der Waals surface area contributed by atoms with Crippen LogP contribution in [-0.2, 0) is 9.53 Å². The van der Waals surface area contributed by atoms with E-state index in [9.17, 15) is 9.59 Å². The van der Waals surface area contributed by atoms with Crippen LogP contribution < -0.4 is 0 Å². The largest absolute Gasteiger partial charge is 0.444 e. The van der Waals surface area contributed by atoms with Crippen LogP contribution in [0.15, 0.2) is 0 Å². The van der Waals surface area contributed by atoms with Crippen molar-refractivity contribution in [2.75, 3.05) is 13.6 Å². The van der Waals surface area contributed by atoms with Crippen molar-refractivity contribution >= 4 is 27.8 Å². The van der Waals surface area contributed by atoms with Gasteiger partial charge in [0.05, 0.1) is 4.83 Å². The highest BCUT2D eigenvalue weighted by Crippen LogP contribution is 2.10. The molecule has 1 unspecified atom stereocenters. The van der Waals surface area contributed by atoms with Gasteiger partial charge in [-0.2, -0.15) is 0 Å². The van der Waals surface area contributed by atoms with Crippen LogP contribution >= 0.6 is 15.9 Å². The quantitative estimate of drug-likeness (QED) is 0.745. The van der Waals surface area contributed by atoms with E-state index in [1.54, 1.807) is 27.8 Å². The van der Waals surface area contributed by atoms with Gasteiger partial charge in [0.25, 0.3) is 0 Å². The van der Waals surface area contributed by atoms with E-state index < -0.39 is 11.7 Å². The number of amides is 1. The Morgan fingerprint density at radius 3 is 2.20 bits per heavy atom. The summed E-state index contributed by atoms with van der Waals surface area (Å²) in [5.41, 5.74) is -0.511. The molecule has 0 aliphatic rings. The van der Waals surface area contributed by atoms with E-state index >= 15 is 0 Å². The Kier molecular flexibility index (Phi) is 5.28. The molecule has 0 saturated carbocycles. The molecule has 15 heavy (non-hydrogen) atoms. The van der Waals surface area contributed by atoms with Crippen molar-refractivity contribution in [2.45, 2.75) is 38.1 Å². The molecule has 88 valence electrons. The first-order valence-corrected chi connectivity index (χ1v) is 5.63. The maximum Gasteiger partial charge on any atom is 0.410 e. The highest BCUT2D eigenvalue weighted by Gasteiger charge is 2.22. The van der Waals surface area contributed by atoms with Gasteiger partial charge in [-0.1, -0.05) is 15.9 Å². The Morgan fingerprint density at radius 1 is 1.40 bits per heavy atom. The lowest BCUT2D eigenvalue weighted by molar-refractivity contribution is -0.116. The van der Waals surface area contributed by atoms with Crippen molar-refractivity contribution in [2.24, 2.45) is 0 Å². The number of ether oxygens (including phenoxy) is 1. The fraction of sp³-hybridized carbons (Fsp3) is 0.800. The second kappa shape index (κ2) is 5.49. The summed E-state index contributed by atoms with van der Waals surface area (Å²) in [5.74, 6) is -0.00888. The SMILES string of the molecule is CC(=O)C(Br)CN(C)C(=O)OC(C)(C)C. The number of ketones is 1. The summed E-state index contributed by atoms with van der Waals surface area (Å²) in [6.45, 7) is 7.19. The molecule has 0 bridgehead atoms. The lowest BCUT2D eigenvalue weighted by Crippen LogP contribution is -2.38. The van der Waals surface area contributed by atoms with E-state index in [0.29, 0.717) is 6.54 Å². The highest BCUT2D eigenvalue weighted by molar-refractivity contribution is 9.10. The molecule has 0 aromatic carbocycles. The van der Waals surface area contributed by atoms with Gasteiger partial charge in [0.15, 0.2) is 0 Å². The number of carbonyl (C=O) groups excluding carboxylic acids is 2. The zero-order chi connectivity index (χ0) is 12.2. The molecule has 0 rings (SSSR count). The van der Waals surface area contributed by atoms with Crippen molar-refractivity contribution in [1.29, 1.82) is 0 Å². The molecule has 1 amide bonds. The summed E-state index contributed by atoms with van der Waals surface area (Å²) in [4.78, 5) is 23.5. The predicted molar refractivity (Wildman–Crippen MR) is 62.3 cm³/mol. The molecule has 4 nitrogen and oxygen atoms in total. The summed E-state index contributed by atoms with van der Waals surface area (Å²) in [5, 5.41) is 0. The zero-order valence-electron chi connectivity index (χ0n) is 9.83. The van der Waals surface area contributed by atoms with Crippen LogP contribution in [0, 0.1) is 0 Å². The summed E-state index contributed by atoms with van der Waals surface area (Å²) in [6, 6.07) is 0. The molecule has 0 fully saturated rings. The Morgan fingerprint density at radius 2 is 1.87 bits per heavy atom. The van der Waals surface area contributed by atoms with E-state index in [4.69, 9.17) is 4.74 Å². The second-order valence-electron chi connectivity index (χ2n) is 4.44. The standard InChI is InChI=1S/C10H18BrNO3/c1-7(13)8(11)6-12(5)9(14)15-10(2,3)4/h8H,6H2,1-5H3. The van der Waals surface area contributed by atoms with Gasteiger partial charge in [0.1, 0.15) is 11.4 Å². The van der Waals surface area contributed by atoms with E-state index in [2.05, 4.69) is 15.9 Å². The molecular formula is C10H18BrNO3. The summed E-state index contributed by atoms with van der Waals surface area (Å²) < 4.78 is 5.13. The molecule has 0 aliphatic carbocycles. The first kappa shape index (κ1) is 14.4. The van der Waals surface area contributed by atoms with Crippen molar-refractivity contribution in [3.63, 3.8) is 0 Å². The molecule has 1 atom stereocenters. The van der Waals surface area contributed by atoms with Crippen molar-refractivity contribution in [3.05, 3.63) is 0 Å². The van der Waals surface area contributed by atoms with Crippen LogP contribution in [0.1, 0.15) is 27.7 Å². The third-order valence-electron chi connectivity index (χ3n) is 1.58. The molecule has 0 aromatic rings. The van der Waals surface area contributed by atoms with E-state index in [1.165, 1.54) is 11.8 Å². The van der Waals surface area contributed by atoms with Crippen LogP contribution in [0.25, 0.3) is 0 Å². The van der Waals surface area contributed by atoms with Crippen LogP contribution in [0.3, 0.4) is 0 Å². The van der Waals surface area contributed by atoms with Gasteiger partial charge in [-0.25, -0.2) is 4.79 Å². The molecule has 0 aliphatic heterocycles. The van der Waals surface area contributed by atoms with E-state index in [1.807, 2.05) is 0 Å². The monoisotopic (exact) mass is 279 g/mol. The Hall–Kier alpha value is -0.580. The number of hydrogen-bond donors (Lipinski definition) is 0. The fourth-order valence-corrected chi connectivity index (χ4v) is 1.22. The normalized spacial score (nSPS) is 13.2. The number of rotatable bonds is 3. The third kappa shape index (κ3) is 6.49. The van der Waals surface area contributed by atoms with Crippen molar-refractivity contribution < 1.29 is 14.3 Å². The minimum atomic E-state index is -0.511. The Bertz CT molecular complexity index is 248. The van der Waals surface area contributed by atoms with Crippen LogP contribution in [-0.4, -0.2) is 40.8 Å². The Balaban J connectivity index is 4.17. The second-order valence-corrected chi connectivity index (χ2v) is 5.54. The van der Waals surface area contributed by atoms with Gasteiger partial charge in [0.2, 0.25) is 0 Å². The van der Waals surface area contributed by atoms with Crippen LogP contribution in [0.2, 0.25) is 0 Å². The van der Waals surface area contributed by atoms with Gasteiger partial charge in [-0.3, -0.25) is 4.79 Å². The van der Waals surface area contributed by atoms with Crippen molar-refractivity contribution in [1.82, 2.24) is 4.90 Å². The Labute approximate surface area is 99.1 Å². The fourth-order valence-electron chi connectivity index (χ4n) is 0.783. The minimum absolute atomic E-state index is 0.00888. The molecule has 0 radical (unpaired) electrons. The average Bonchev–Trinajstić information content (AvgIpc) is 2.00.